The van der Waals surface area contributed by atoms with Crippen LogP contribution < -0.4 is 4.90 Å². The van der Waals surface area contributed by atoms with E-state index >= 15 is 0 Å². The highest BCUT2D eigenvalue weighted by molar-refractivity contribution is 6.30. The van der Waals surface area contributed by atoms with Gasteiger partial charge in [-0.1, -0.05) is 11.6 Å². The van der Waals surface area contributed by atoms with Gasteiger partial charge in [-0.25, -0.2) is 0 Å². The topological polar surface area (TPSA) is 71.3 Å². The highest BCUT2D eigenvalue weighted by atomic mass is 35.5. The van der Waals surface area contributed by atoms with Crippen molar-refractivity contribution in [3.63, 3.8) is 0 Å². The monoisotopic (exact) mass is 373 g/mol. The number of hydrogen-bond acceptors (Lipinski definition) is 4. The van der Waals surface area contributed by atoms with Crippen molar-refractivity contribution >= 4 is 29.1 Å². The average Bonchev–Trinajstić information content (AvgIpc) is 3.20. The Labute approximate surface area is 156 Å². The molecule has 0 N–H and O–H groups in total. The molecule has 2 saturated heterocycles. The van der Waals surface area contributed by atoms with Gasteiger partial charge in [0.1, 0.15) is 6.54 Å². The Bertz CT molecular complexity index is 814. The summed E-state index contributed by atoms with van der Waals surface area (Å²) in [7, 11) is 0. The highest BCUT2D eigenvalue weighted by Crippen LogP contribution is 2.43. The van der Waals surface area contributed by atoms with Crippen molar-refractivity contribution in [3.05, 3.63) is 41.9 Å². The smallest absolute Gasteiger partial charge is 0.244 e. The van der Waals surface area contributed by atoms with Crippen molar-refractivity contribution in [2.75, 3.05) is 24.5 Å². The van der Waals surface area contributed by atoms with E-state index in [-0.39, 0.29) is 23.8 Å². The zero-order valence-electron chi connectivity index (χ0n) is 14.3. The first-order chi connectivity index (χ1) is 12.6. The van der Waals surface area contributed by atoms with Gasteiger partial charge in [-0.15, -0.1) is 0 Å². The van der Waals surface area contributed by atoms with E-state index < -0.39 is 0 Å². The van der Waals surface area contributed by atoms with Crippen molar-refractivity contribution < 1.29 is 9.59 Å². The fraction of sp³-hybridized carbons (Fsp3) is 0.444. The fourth-order valence-electron chi connectivity index (χ4n) is 3.89. The summed E-state index contributed by atoms with van der Waals surface area (Å²) < 4.78 is 1.54. The minimum Gasteiger partial charge on any atom is -0.341 e. The molecule has 2 amide bonds. The molecule has 7 nitrogen and oxygen atoms in total. The van der Waals surface area contributed by atoms with Crippen LogP contribution in [-0.2, 0) is 16.1 Å². The van der Waals surface area contributed by atoms with Crippen molar-refractivity contribution in [3.8, 4) is 0 Å². The molecule has 2 aliphatic heterocycles. The van der Waals surface area contributed by atoms with E-state index in [4.69, 9.17) is 11.6 Å². The van der Waals surface area contributed by atoms with E-state index in [0.29, 0.717) is 37.5 Å². The Balaban J connectivity index is 1.38. The molecule has 8 heteroatoms. The lowest BCUT2D eigenvalue weighted by Crippen LogP contribution is -2.47. The number of hydrogen-bond donors (Lipinski definition) is 0. The lowest BCUT2D eigenvalue weighted by atomic mass is 9.77. The van der Waals surface area contributed by atoms with Crippen molar-refractivity contribution in [1.29, 1.82) is 0 Å². The minimum absolute atomic E-state index is 0.00850. The SMILES string of the molecule is O=C(Cn1cc(Cl)cn1)N1CCC2(CC1)CCN(c1cccnc1)C2=O. The Morgan fingerprint density at radius 2 is 1.96 bits per heavy atom. The van der Waals surface area contributed by atoms with Crippen LogP contribution in [-0.4, -0.2) is 51.1 Å². The van der Waals surface area contributed by atoms with E-state index in [9.17, 15) is 9.59 Å². The molecule has 4 rings (SSSR count). The third-order valence-corrected chi connectivity index (χ3v) is 5.64. The van der Waals surface area contributed by atoms with Gasteiger partial charge < -0.3 is 9.80 Å². The van der Waals surface area contributed by atoms with Gasteiger partial charge in [-0.2, -0.15) is 5.10 Å². The number of pyridine rings is 1. The number of piperidine rings is 1. The highest BCUT2D eigenvalue weighted by Gasteiger charge is 2.49. The van der Waals surface area contributed by atoms with E-state index in [2.05, 4.69) is 10.1 Å². The summed E-state index contributed by atoms with van der Waals surface area (Å²) in [6.45, 7) is 2.08. The van der Waals surface area contributed by atoms with Crippen LogP contribution in [0.15, 0.2) is 36.9 Å². The molecule has 136 valence electrons. The maximum absolute atomic E-state index is 13.0. The van der Waals surface area contributed by atoms with Crippen LogP contribution in [0.3, 0.4) is 0 Å². The second-order valence-electron chi connectivity index (χ2n) is 6.94. The number of anilines is 1. The van der Waals surface area contributed by atoms with E-state index in [0.717, 1.165) is 12.1 Å². The number of carbonyl (C=O) groups is 2. The summed E-state index contributed by atoms with van der Waals surface area (Å²) in [6, 6.07) is 3.76. The van der Waals surface area contributed by atoms with Crippen LogP contribution in [0.4, 0.5) is 5.69 Å². The van der Waals surface area contributed by atoms with Gasteiger partial charge in [0.2, 0.25) is 11.8 Å². The van der Waals surface area contributed by atoms with Gasteiger partial charge in [-0.3, -0.25) is 19.3 Å². The third kappa shape index (κ3) is 3.07. The Hall–Kier alpha value is -2.41. The van der Waals surface area contributed by atoms with Crippen LogP contribution in [0.2, 0.25) is 5.02 Å². The fourth-order valence-corrected chi connectivity index (χ4v) is 4.05. The van der Waals surface area contributed by atoms with Gasteiger partial charge >= 0.3 is 0 Å². The van der Waals surface area contributed by atoms with Crippen LogP contribution >= 0.6 is 11.6 Å². The summed E-state index contributed by atoms with van der Waals surface area (Å²) in [5.41, 5.74) is 0.505. The molecule has 2 aromatic heterocycles. The number of halogens is 1. The third-order valence-electron chi connectivity index (χ3n) is 5.44. The Morgan fingerprint density at radius 3 is 2.62 bits per heavy atom. The Kier molecular flexibility index (Phi) is 4.40. The van der Waals surface area contributed by atoms with Gasteiger partial charge in [0, 0.05) is 32.0 Å². The first kappa shape index (κ1) is 17.0. The minimum atomic E-state index is -0.346. The summed E-state index contributed by atoms with van der Waals surface area (Å²) >= 11 is 5.84. The predicted molar refractivity (Wildman–Crippen MR) is 96.7 cm³/mol. The molecule has 0 unspecified atom stereocenters. The van der Waals surface area contributed by atoms with Crippen molar-refractivity contribution in [2.45, 2.75) is 25.8 Å². The zero-order valence-corrected chi connectivity index (χ0v) is 15.1. The van der Waals surface area contributed by atoms with Crippen LogP contribution in [0.5, 0.6) is 0 Å². The molecular weight excluding hydrogens is 354 g/mol. The predicted octanol–water partition coefficient (Wildman–Crippen LogP) is 1.98. The number of carbonyl (C=O) groups excluding carboxylic acids is 2. The average molecular weight is 374 g/mol. The molecule has 0 radical (unpaired) electrons. The van der Waals surface area contributed by atoms with Crippen LogP contribution in [0, 0.1) is 5.41 Å². The molecule has 2 aromatic rings. The lowest BCUT2D eigenvalue weighted by Gasteiger charge is -2.38. The molecule has 0 aliphatic carbocycles. The van der Waals surface area contributed by atoms with Gasteiger partial charge in [0.25, 0.3) is 0 Å². The summed E-state index contributed by atoms with van der Waals surface area (Å²) in [4.78, 5) is 33.2. The molecule has 0 atom stereocenters. The van der Waals surface area contributed by atoms with E-state index in [1.54, 1.807) is 23.3 Å². The summed E-state index contributed by atoms with van der Waals surface area (Å²) in [6.07, 6.45) is 8.82. The first-order valence-corrected chi connectivity index (χ1v) is 9.13. The zero-order chi connectivity index (χ0) is 18.1. The van der Waals surface area contributed by atoms with E-state index in [1.165, 1.54) is 6.20 Å². The molecule has 4 heterocycles. The second kappa shape index (κ2) is 6.72. The van der Waals surface area contributed by atoms with Gasteiger partial charge in [-0.05, 0) is 31.4 Å². The Morgan fingerprint density at radius 1 is 1.19 bits per heavy atom. The van der Waals surface area contributed by atoms with Crippen molar-refractivity contribution in [1.82, 2.24) is 19.7 Å². The second-order valence-corrected chi connectivity index (χ2v) is 7.37. The molecule has 2 aliphatic rings. The first-order valence-electron chi connectivity index (χ1n) is 8.75. The number of amides is 2. The maximum Gasteiger partial charge on any atom is 0.244 e. The standard InChI is InChI=1S/C18H20ClN5O2/c19-14-10-21-23(12-14)13-16(25)22-7-3-18(4-8-22)5-9-24(17(18)26)15-2-1-6-20-11-15/h1-2,6,10-12H,3-5,7-9,13H2. The number of aromatic nitrogens is 3. The maximum atomic E-state index is 13.0. The van der Waals surface area contributed by atoms with Gasteiger partial charge in [0.05, 0.1) is 28.5 Å². The van der Waals surface area contributed by atoms with Gasteiger partial charge in [0.15, 0.2) is 0 Å². The largest absolute Gasteiger partial charge is 0.341 e. The summed E-state index contributed by atoms with van der Waals surface area (Å²) in [5, 5.41) is 4.56. The van der Waals surface area contributed by atoms with Crippen LogP contribution in [0.1, 0.15) is 19.3 Å². The number of likely N-dealkylation sites (tertiary alicyclic amines) is 1. The lowest BCUT2D eigenvalue weighted by molar-refractivity contribution is -0.138. The molecule has 0 saturated carbocycles. The van der Waals surface area contributed by atoms with Crippen molar-refractivity contribution in [2.24, 2.45) is 5.41 Å². The van der Waals surface area contributed by atoms with Crippen LogP contribution in [0.25, 0.3) is 0 Å². The quantitative estimate of drug-likeness (QED) is 0.824. The number of nitrogens with zero attached hydrogens (tertiary/aromatic N) is 5. The molecule has 0 bridgehead atoms. The normalized spacial score (nSPS) is 19.3. The van der Waals surface area contributed by atoms with E-state index in [1.807, 2.05) is 21.9 Å². The summed E-state index contributed by atoms with van der Waals surface area (Å²) in [5.74, 6) is 0.172. The molecule has 2 fully saturated rings. The molecule has 0 aromatic carbocycles. The molecule has 1 spiro atoms. The molecule has 26 heavy (non-hydrogen) atoms. The number of rotatable bonds is 3. The molecular formula is C18H20ClN5O2.